The molecule has 1 heterocycles. The van der Waals surface area contributed by atoms with Crippen LogP contribution in [0.25, 0.3) is 0 Å². The molecule has 5 heteroatoms. The first-order valence-electron chi connectivity index (χ1n) is 5.36. The molecule has 0 spiro atoms. The van der Waals surface area contributed by atoms with Crippen molar-refractivity contribution in [2.24, 2.45) is 0 Å². The van der Waals surface area contributed by atoms with Crippen LogP contribution in [0.5, 0.6) is 0 Å². The number of amides is 2. The smallest absolute Gasteiger partial charge is 0.247 e. The van der Waals surface area contributed by atoms with Crippen molar-refractivity contribution in [3.63, 3.8) is 0 Å². The summed E-state index contributed by atoms with van der Waals surface area (Å²) in [5.41, 5.74) is 1.60. The average molecular weight is 253 g/mol. The second-order valence-electron chi connectivity index (χ2n) is 4.09. The van der Waals surface area contributed by atoms with Crippen molar-refractivity contribution in [2.45, 2.75) is 19.9 Å². The molecule has 2 amide bonds. The molecule has 0 saturated carbocycles. The topological polar surface area (TPSA) is 49.4 Å². The Morgan fingerprint density at radius 1 is 1.41 bits per heavy atom. The number of hydrogen-bond acceptors (Lipinski definition) is 2. The van der Waals surface area contributed by atoms with Crippen LogP contribution in [-0.4, -0.2) is 24.4 Å². The highest BCUT2D eigenvalue weighted by atomic mass is 35.5. The third kappa shape index (κ3) is 2.13. The Bertz CT molecular complexity index is 487. The van der Waals surface area contributed by atoms with Crippen LogP contribution in [0.2, 0.25) is 5.02 Å². The van der Waals surface area contributed by atoms with Gasteiger partial charge in [0.2, 0.25) is 11.8 Å². The van der Waals surface area contributed by atoms with Gasteiger partial charge in [0.1, 0.15) is 6.04 Å². The van der Waals surface area contributed by atoms with Crippen molar-refractivity contribution in [1.82, 2.24) is 5.32 Å². The average Bonchev–Trinajstić information content (AvgIpc) is 2.29. The van der Waals surface area contributed by atoms with Crippen LogP contribution in [0.15, 0.2) is 18.2 Å². The molecule has 1 aromatic rings. The number of piperazine rings is 1. The molecule has 0 aliphatic carbocycles. The van der Waals surface area contributed by atoms with E-state index < -0.39 is 6.04 Å². The van der Waals surface area contributed by atoms with Gasteiger partial charge in [-0.2, -0.15) is 0 Å². The van der Waals surface area contributed by atoms with E-state index >= 15 is 0 Å². The standard InChI is InChI=1S/C12H13ClN2O2/c1-7-3-4-9(5-10(7)13)15-8(2)12(17)14-6-11(15)16/h3-5,8H,6H2,1-2H3,(H,14,17). The molecule has 2 rings (SSSR count). The Labute approximate surface area is 105 Å². The van der Waals surface area contributed by atoms with E-state index in [9.17, 15) is 9.59 Å². The third-order valence-electron chi connectivity index (χ3n) is 2.88. The van der Waals surface area contributed by atoms with Gasteiger partial charge in [0.15, 0.2) is 0 Å². The van der Waals surface area contributed by atoms with Crippen LogP contribution < -0.4 is 10.2 Å². The molecule has 0 radical (unpaired) electrons. The van der Waals surface area contributed by atoms with Gasteiger partial charge in [-0.05, 0) is 31.5 Å². The van der Waals surface area contributed by atoms with Crippen molar-refractivity contribution < 1.29 is 9.59 Å². The molecule has 1 aliphatic heterocycles. The van der Waals surface area contributed by atoms with E-state index in [4.69, 9.17) is 11.6 Å². The molecular formula is C12H13ClN2O2. The maximum absolute atomic E-state index is 11.8. The minimum absolute atomic E-state index is 0.0364. The zero-order valence-corrected chi connectivity index (χ0v) is 10.4. The van der Waals surface area contributed by atoms with Crippen molar-refractivity contribution in [2.75, 3.05) is 11.4 Å². The Hall–Kier alpha value is -1.55. The van der Waals surface area contributed by atoms with E-state index in [2.05, 4.69) is 5.32 Å². The van der Waals surface area contributed by atoms with Gasteiger partial charge in [0.05, 0.1) is 6.54 Å². The molecule has 0 aromatic heterocycles. The molecule has 1 N–H and O–H groups in total. The molecule has 1 aliphatic rings. The first kappa shape index (κ1) is 11.9. The van der Waals surface area contributed by atoms with Crippen LogP contribution in [-0.2, 0) is 9.59 Å². The lowest BCUT2D eigenvalue weighted by molar-refractivity contribution is -0.130. The van der Waals surface area contributed by atoms with Gasteiger partial charge in [0.25, 0.3) is 0 Å². The van der Waals surface area contributed by atoms with Crippen molar-refractivity contribution in [1.29, 1.82) is 0 Å². The summed E-state index contributed by atoms with van der Waals surface area (Å²) in [5, 5.41) is 3.14. The van der Waals surface area contributed by atoms with Gasteiger partial charge in [-0.25, -0.2) is 0 Å². The molecule has 1 atom stereocenters. The maximum Gasteiger partial charge on any atom is 0.247 e. The number of carbonyl (C=O) groups is 2. The van der Waals surface area contributed by atoms with E-state index in [0.29, 0.717) is 10.7 Å². The summed E-state index contributed by atoms with van der Waals surface area (Å²) in [7, 11) is 0. The summed E-state index contributed by atoms with van der Waals surface area (Å²) < 4.78 is 0. The minimum Gasteiger partial charge on any atom is -0.345 e. The number of halogens is 1. The van der Waals surface area contributed by atoms with E-state index in [1.807, 2.05) is 13.0 Å². The van der Waals surface area contributed by atoms with Crippen LogP contribution in [0.4, 0.5) is 5.69 Å². The number of benzene rings is 1. The second-order valence-corrected chi connectivity index (χ2v) is 4.50. The number of nitrogens with zero attached hydrogens (tertiary/aromatic N) is 1. The van der Waals surface area contributed by atoms with Gasteiger partial charge in [0, 0.05) is 10.7 Å². The highest BCUT2D eigenvalue weighted by molar-refractivity contribution is 6.31. The normalized spacial score (nSPS) is 20.4. The molecule has 1 saturated heterocycles. The number of aryl methyl sites for hydroxylation is 1. The zero-order valence-electron chi connectivity index (χ0n) is 9.66. The molecule has 0 bridgehead atoms. The number of hydrogen-bond donors (Lipinski definition) is 1. The fourth-order valence-electron chi connectivity index (χ4n) is 1.83. The fourth-order valence-corrected chi connectivity index (χ4v) is 2.00. The van der Waals surface area contributed by atoms with Gasteiger partial charge < -0.3 is 5.32 Å². The fraction of sp³-hybridized carbons (Fsp3) is 0.333. The largest absolute Gasteiger partial charge is 0.345 e. The van der Waals surface area contributed by atoms with Gasteiger partial charge in [-0.1, -0.05) is 17.7 Å². The van der Waals surface area contributed by atoms with E-state index in [1.54, 1.807) is 19.1 Å². The Kier molecular flexibility index (Phi) is 3.07. The van der Waals surface area contributed by atoms with Crippen LogP contribution in [0.3, 0.4) is 0 Å². The zero-order chi connectivity index (χ0) is 12.6. The van der Waals surface area contributed by atoms with Gasteiger partial charge in [-0.15, -0.1) is 0 Å². The summed E-state index contributed by atoms with van der Waals surface area (Å²) in [6, 6.07) is 4.84. The van der Waals surface area contributed by atoms with Crippen molar-refractivity contribution >= 4 is 29.1 Å². The monoisotopic (exact) mass is 252 g/mol. The van der Waals surface area contributed by atoms with E-state index in [0.717, 1.165) is 5.56 Å². The lowest BCUT2D eigenvalue weighted by atomic mass is 10.1. The number of rotatable bonds is 1. The van der Waals surface area contributed by atoms with Crippen LogP contribution >= 0.6 is 11.6 Å². The van der Waals surface area contributed by atoms with Crippen LogP contribution in [0, 0.1) is 6.92 Å². The number of nitrogens with one attached hydrogen (secondary N) is 1. The van der Waals surface area contributed by atoms with Crippen molar-refractivity contribution in [3.8, 4) is 0 Å². The predicted octanol–water partition coefficient (Wildman–Crippen LogP) is 1.50. The molecule has 1 aromatic carbocycles. The lowest BCUT2D eigenvalue weighted by Crippen LogP contribution is -2.57. The summed E-state index contributed by atoms with van der Waals surface area (Å²) in [6.45, 7) is 3.62. The summed E-state index contributed by atoms with van der Waals surface area (Å²) in [6.07, 6.45) is 0. The first-order valence-corrected chi connectivity index (χ1v) is 5.74. The SMILES string of the molecule is Cc1ccc(N2C(=O)CNC(=O)C2C)cc1Cl. The molecule has 17 heavy (non-hydrogen) atoms. The van der Waals surface area contributed by atoms with E-state index in [-0.39, 0.29) is 18.4 Å². The summed E-state index contributed by atoms with van der Waals surface area (Å²) >= 11 is 6.03. The van der Waals surface area contributed by atoms with Gasteiger partial charge >= 0.3 is 0 Å². The molecule has 1 fully saturated rings. The second kappa shape index (κ2) is 4.37. The summed E-state index contributed by atoms with van der Waals surface area (Å²) in [5.74, 6) is -0.279. The maximum atomic E-state index is 11.8. The molecule has 4 nitrogen and oxygen atoms in total. The lowest BCUT2D eigenvalue weighted by Gasteiger charge is -2.32. The highest BCUT2D eigenvalue weighted by Gasteiger charge is 2.32. The highest BCUT2D eigenvalue weighted by Crippen LogP contribution is 2.25. The third-order valence-corrected chi connectivity index (χ3v) is 3.29. The Balaban J connectivity index is 2.39. The van der Waals surface area contributed by atoms with E-state index in [1.165, 1.54) is 4.90 Å². The quantitative estimate of drug-likeness (QED) is 0.824. The van der Waals surface area contributed by atoms with Crippen molar-refractivity contribution in [3.05, 3.63) is 28.8 Å². The first-order chi connectivity index (χ1) is 8.00. The molecule has 90 valence electrons. The number of anilines is 1. The minimum atomic E-state index is -0.505. The molecule has 1 unspecified atom stereocenters. The Morgan fingerprint density at radius 2 is 2.12 bits per heavy atom. The predicted molar refractivity (Wildman–Crippen MR) is 66.1 cm³/mol. The van der Waals surface area contributed by atoms with Crippen LogP contribution in [0.1, 0.15) is 12.5 Å². The number of carbonyl (C=O) groups excluding carboxylic acids is 2. The summed E-state index contributed by atoms with van der Waals surface area (Å²) in [4.78, 5) is 24.8. The van der Waals surface area contributed by atoms with Gasteiger partial charge in [-0.3, -0.25) is 14.5 Å². The molecular weight excluding hydrogens is 240 g/mol. The Morgan fingerprint density at radius 3 is 2.76 bits per heavy atom.